The van der Waals surface area contributed by atoms with E-state index in [4.69, 9.17) is 9.47 Å². The highest BCUT2D eigenvalue weighted by atomic mass is 16.6. The van der Waals surface area contributed by atoms with Gasteiger partial charge in [0.1, 0.15) is 13.2 Å². The first-order chi connectivity index (χ1) is 11.3. The Labute approximate surface area is 137 Å². The number of hydrogen-bond donors (Lipinski definition) is 0. The predicted molar refractivity (Wildman–Crippen MR) is 88.8 cm³/mol. The summed E-state index contributed by atoms with van der Waals surface area (Å²) in [5.74, 6) is 1.76. The molecule has 1 saturated heterocycles. The number of rotatable bonds is 3. The van der Waals surface area contributed by atoms with Crippen LogP contribution >= 0.6 is 0 Å². The fourth-order valence-corrected chi connectivity index (χ4v) is 3.55. The second kappa shape index (κ2) is 6.20. The maximum absolute atomic E-state index is 5.74. The fraction of sp³-hybridized carbons (Fsp3) is 0.421. The maximum atomic E-state index is 5.74. The summed E-state index contributed by atoms with van der Waals surface area (Å²) < 4.78 is 11.4. The Bertz CT molecular complexity index is 687. The predicted octanol–water partition coefficient (Wildman–Crippen LogP) is 3.50. The van der Waals surface area contributed by atoms with E-state index in [1.54, 1.807) is 0 Å². The molecule has 1 aromatic carbocycles. The van der Waals surface area contributed by atoms with Crippen molar-refractivity contribution in [3.05, 3.63) is 53.3 Å². The van der Waals surface area contributed by atoms with Gasteiger partial charge in [-0.15, -0.1) is 0 Å². The summed E-state index contributed by atoms with van der Waals surface area (Å²) in [5.41, 5.74) is 3.76. The number of aromatic nitrogens is 1. The van der Waals surface area contributed by atoms with Gasteiger partial charge in [-0.3, -0.25) is 9.88 Å². The average molecular weight is 310 g/mol. The molecular weight excluding hydrogens is 288 g/mol. The molecule has 2 aliphatic heterocycles. The summed E-state index contributed by atoms with van der Waals surface area (Å²) in [6.45, 7) is 5.48. The number of aryl methyl sites for hydroxylation is 1. The van der Waals surface area contributed by atoms with E-state index >= 15 is 0 Å². The molecule has 4 rings (SSSR count). The number of ether oxygens (including phenoxy) is 2. The Hall–Kier alpha value is -2.07. The van der Waals surface area contributed by atoms with Gasteiger partial charge in [-0.05, 0) is 61.7 Å². The number of likely N-dealkylation sites (tertiary alicyclic amines) is 1. The summed E-state index contributed by atoms with van der Waals surface area (Å²) in [5, 5.41) is 0. The van der Waals surface area contributed by atoms with Gasteiger partial charge in [-0.2, -0.15) is 0 Å². The monoisotopic (exact) mass is 310 g/mol. The van der Waals surface area contributed by atoms with Crippen LogP contribution < -0.4 is 9.47 Å². The molecule has 1 unspecified atom stereocenters. The van der Waals surface area contributed by atoms with Crippen molar-refractivity contribution in [3.63, 3.8) is 0 Å². The minimum absolute atomic E-state index is 0.420. The third-order valence-electron chi connectivity index (χ3n) is 4.77. The molecule has 0 saturated carbocycles. The molecule has 1 fully saturated rings. The number of pyridine rings is 1. The number of benzene rings is 1. The Morgan fingerprint density at radius 1 is 1.17 bits per heavy atom. The van der Waals surface area contributed by atoms with Gasteiger partial charge < -0.3 is 9.47 Å². The first-order valence-corrected chi connectivity index (χ1v) is 8.35. The van der Waals surface area contributed by atoms with Crippen molar-refractivity contribution < 1.29 is 9.47 Å². The summed E-state index contributed by atoms with van der Waals surface area (Å²) in [6.07, 6.45) is 4.30. The molecule has 2 aromatic rings. The van der Waals surface area contributed by atoms with Gasteiger partial charge in [0.25, 0.3) is 0 Å². The van der Waals surface area contributed by atoms with Gasteiger partial charge >= 0.3 is 0 Å². The molecule has 4 nitrogen and oxygen atoms in total. The smallest absolute Gasteiger partial charge is 0.161 e. The molecule has 2 aliphatic rings. The standard InChI is InChI=1S/C19H22N2O2/c1-14-11-18-19(23-10-9-22-18)12-15(14)13-21-8-4-6-17(21)16-5-2-3-7-20-16/h2-3,5,7,11-12,17H,4,6,8-10,13H2,1H3. The SMILES string of the molecule is Cc1cc2c(cc1CN1CCCC1c1ccccn1)OCCO2. The first kappa shape index (κ1) is 14.5. The van der Waals surface area contributed by atoms with Gasteiger partial charge in [0, 0.05) is 12.7 Å². The van der Waals surface area contributed by atoms with Crippen LogP contribution in [0.1, 0.15) is 35.7 Å². The fourth-order valence-electron chi connectivity index (χ4n) is 3.55. The highest BCUT2D eigenvalue weighted by molar-refractivity contribution is 5.47. The van der Waals surface area contributed by atoms with Crippen LogP contribution in [0.2, 0.25) is 0 Å². The van der Waals surface area contributed by atoms with Crippen LogP contribution in [0.25, 0.3) is 0 Å². The van der Waals surface area contributed by atoms with Crippen LogP contribution in [-0.2, 0) is 6.54 Å². The van der Waals surface area contributed by atoms with Gasteiger partial charge in [-0.25, -0.2) is 0 Å². The maximum Gasteiger partial charge on any atom is 0.161 e. The largest absolute Gasteiger partial charge is 0.486 e. The van der Waals surface area contributed by atoms with Crippen molar-refractivity contribution in [1.29, 1.82) is 0 Å². The van der Waals surface area contributed by atoms with E-state index in [2.05, 4.69) is 41.1 Å². The zero-order valence-electron chi connectivity index (χ0n) is 13.5. The summed E-state index contributed by atoms with van der Waals surface area (Å²) in [7, 11) is 0. The summed E-state index contributed by atoms with van der Waals surface area (Å²) >= 11 is 0. The molecular formula is C19H22N2O2. The molecule has 0 spiro atoms. The van der Waals surface area contributed by atoms with Crippen LogP contribution in [0, 0.1) is 6.92 Å². The van der Waals surface area contributed by atoms with E-state index in [1.165, 1.54) is 29.7 Å². The minimum Gasteiger partial charge on any atom is -0.486 e. The highest BCUT2D eigenvalue weighted by Crippen LogP contribution is 2.36. The molecule has 1 aromatic heterocycles. The van der Waals surface area contributed by atoms with E-state index in [1.807, 2.05) is 12.3 Å². The normalized spacial score (nSPS) is 20.7. The minimum atomic E-state index is 0.420. The lowest BCUT2D eigenvalue weighted by Crippen LogP contribution is -2.24. The number of nitrogens with zero attached hydrogens (tertiary/aromatic N) is 2. The van der Waals surface area contributed by atoms with Gasteiger partial charge in [-0.1, -0.05) is 6.07 Å². The number of hydrogen-bond acceptors (Lipinski definition) is 4. The van der Waals surface area contributed by atoms with Crippen molar-refractivity contribution in [2.45, 2.75) is 32.4 Å². The lowest BCUT2D eigenvalue weighted by molar-refractivity contribution is 0.170. The molecule has 0 amide bonds. The topological polar surface area (TPSA) is 34.6 Å². The summed E-state index contributed by atoms with van der Waals surface area (Å²) in [4.78, 5) is 7.09. The van der Waals surface area contributed by atoms with Crippen LogP contribution in [0.4, 0.5) is 0 Å². The lowest BCUT2D eigenvalue weighted by atomic mass is 10.1. The van der Waals surface area contributed by atoms with Crippen LogP contribution in [0.3, 0.4) is 0 Å². The second-order valence-corrected chi connectivity index (χ2v) is 6.31. The van der Waals surface area contributed by atoms with E-state index in [9.17, 15) is 0 Å². The third-order valence-corrected chi connectivity index (χ3v) is 4.77. The Kier molecular flexibility index (Phi) is 3.92. The molecule has 3 heterocycles. The Morgan fingerprint density at radius 2 is 2.00 bits per heavy atom. The molecule has 1 atom stereocenters. The van der Waals surface area contributed by atoms with Crippen molar-refractivity contribution >= 4 is 0 Å². The van der Waals surface area contributed by atoms with Gasteiger partial charge in [0.15, 0.2) is 11.5 Å². The zero-order chi connectivity index (χ0) is 15.6. The Morgan fingerprint density at radius 3 is 2.78 bits per heavy atom. The average Bonchev–Trinajstić information content (AvgIpc) is 3.04. The van der Waals surface area contributed by atoms with Gasteiger partial charge in [0.05, 0.1) is 11.7 Å². The van der Waals surface area contributed by atoms with E-state index in [0.717, 1.165) is 24.6 Å². The molecule has 0 aliphatic carbocycles. The Balaban J connectivity index is 1.57. The van der Waals surface area contributed by atoms with E-state index in [0.29, 0.717) is 19.3 Å². The van der Waals surface area contributed by atoms with Crippen LogP contribution in [0.15, 0.2) is 36.5 Å². The number of fused-ring (bicyclic) bond motifs is 1. The quantitative estimate of drug-likeness (QED) is 0.869. The van der Waals surface area contributed by atoms with Crippen LogP contribution in [-0.4, -0.2) is 29.6 Å². The lowest BCUT2D eigenvalue weighted by Gasteiger charge is -2.26. The third kappa shape index (κ3) is 2.91. The van der Waals surface area contributed by atoms with E-state index < -0.39 is 0 Å². The van der Waals surface area contributed by atoms with Crippen molar-refractivity contribution in [2.75, 3.05) is 19.8 Å². The molecule has 120 valence electrons. The zero-order valence-corrected chi connectivity index (χ0v) is 13.5. The van der Waals surface area contributed by atoms with Crippen LogP contribution in [0.5, 0.6) is 11.5 Å². The highest BCUT2D eigenvalue weighted by Gasteiger charge is 2.27. The summed E-state index contributed by atoms with van der Waals surface area (Å²) in [6, 6.07) is 10.9. The van der Waals surface area contributed by atoms with Crippen molar-refractivity contribution in [2.24, 2.45) is 0 Å². The molecule has 0 radical (unpaired) electrons. The molecule has 0 bridgehead atoms. The van der Waals surface area contributed by atoms with Crippen molar-refractivity contribution in [1.82, 2.24) is 9.88 Å². The second-order valence-electron chi connectivity index (χ2n) is 6.31. The first-order valence-electron chi connectivity index (χ1n) is 8.35. The molecule has 0 N–H and O–H groups in total. The molecule has 23 heavy (non-hydrogen) atoms. The van der Waals surface area contributed by atoms with Crippen molar-refractivity contribution in [3.8, 4) is 11.5 Å². The molecule has 4 heteroatoms. The van der Waals surface area contributed by atoms with E-state index in [-0.39, 0.29) is 0 Å². The van der Waals surface area contributed by atoms with Gasteiger partial charge in [0.2, 0.25) is 0 Å².